The van der Waals surface area contributed by atoms with Crippen molar-refractivity contribution < 1.29 is 4.74 Å². The van der Waals surface area contributed by atoms with E-state index in [0.717, 1.165) is 15.9 Å². The van der Waals surface area contributed by atoms with Crippen LogP contribution >= 0.6 is 27.5 Å². The largest absolute Gasteiger partial charge is 0.490 e. The van der Waals surface area contributed by atoms with Crippen LogP contribution in [-0.2, 0) is 6.54 Å². The highest BCUT2D eigenvalue weighted by Crippen LogP contribution is 2.27. The average Bonchev–Trinajstić information content (AvgIpc) is 2.64. The second-order valence-corrected chi connectivity index (χ2v) is 5.00. The minimum absolute atomic E-state index is 0.447. The van der Waals surface area contributed by atoms with Crippen molar-refractivity contribution in [2.75, 3.05) is 12.3 Å². The summed E-state index contributed by atoms with van der Waals surface area (Å²) < 4.78 is 8.16. The molecule has 0 atom stereocenters. The Bertz CT molecular complexity index is 558. The number of nitrogens with two attached hydrogens (primary N) is 1. The van der Waals surface area contributed by atoms with Gasteiger partial charge < -0.3 is 10.5 Å². The molecule has 18 heavy (non-hydrogen) atoms. The third kappa shape index (κ3) is 2.94. The van der Waals surface area contributed by atoms with Gasteiger partial charge in [0.05, 0.1) is 16.7 Å². The number of nitrogen functional groups attached to an aromatic ring is 1. The number of hydrogen-bond acceptors (Lipinski definition) is 4. The van der Waals surface area contributed by atoms with E-state index in [4.69, 9.17) is 22.1 Å². The number of hydrogen-bond donors (Lipinski definition) is 1. The molecule has 0 unspecified atom stereocenters. The standard InChI is InChI=1S/C11H12BrClN4O/c1-7-11(14)15-16-17(7)4-5-18-10-3-2-8(13)6-9(10)12/h2-3,6H,4-5,14H2,1H3. The summed E-state index contributed by atoms with van der Waals surface area (Å²) in [5, 5.41) is 8.35. The lowest BCUT2D eigenvalue weighted by Crippen LogP contribution is -2.11. The molecule has 0 aliphatic carbocycles. The van der Waals surface area contributed by atoms with E-state index in [1.54, 1.807) is 16.8 Å². The van der Waals surface area contributed by atoms with Crippen molar-refractivity contribution in [1.82, 2.24) is 15.0 Å². The molecule has 0 spiro atoms. The van der Waals surface area contributed by atoms with Crippen LogP contribution in [0.5, 0.6) is 5.75 Å². The summed E-state index contributed by atoms with van der Waals surface area (Å²) in [7, 11) is 0. The van der Waals surface area contributed by atoms with Gasteiger partial charge in [-0.3, -0.25) is 0 Å². The smallest absolute Gasteiger partial charge is 0.168 e. The third-order valence-corrected chi connectivity index (χ3v) is 3.33. The Morgan fingerprint density at radius 1 is 1.50 bits per heavy atom. The Labute approximate surface area is 118 Å². The molecule has 0 radical (unpaired) electrons. The summed E-state index contributed by atoms with van der Waals surface area (Å²) >= 11 is 9.24. The quantitative estimate of drug-likeness (QED) is 0.935. The van der Waals surface area contributed by atoms with Gasteiger partial charge in [0.15, 0.2) is 5.82 Å². The molecular weight excluding hydrogens is 320 g/mol. The molecule has 5 nitrogen and oxygen atoms in total. The van der Waals surface area contributed by atoms with E-state index in [-0.39, 0.29) is 0 Å². The van der Waals surface area contributed by atoms with Crippen LogP contribution in [0.3, 0.4) is 0 Å². The zero-order valence-electron chi connectivity index (χ0n) is 9.73. The van der Waals surface area contributed by atoms with Crippen molar-refractivity contribution in [1.29, 1.82) is 0 Å². The topological polar surface area (TPSA) is 66.0 Å². The van der Waals surface area contributed by atoms with E-state index in [0.29, 0.717) is 24.0 Å². The Morgan fingerprint density at radius 3 is 2.89 bits per heavy atom. The first-order chi connectivity index (χ1) is 8.58. The van der Waals surface area contributed by atoms with E-state index in [2.05, 4.69) is 26.2 Å². The summed E-state index contributed by atoms with van der Waals surface area (Å²) in [6.45, 7) is 2.93. The van der Waals surface area contributed by atoms with Crippen molar-refractivity contribution in [3.63, 3.8) is 0 Å². The van der Waals surface area contributed by atoms with Gasteiger partial charge in [0, 0.05) is 5.02 Å². The molecule has 0 fully saturated rings. The number of nitrogens with zero attached hydrogens (tertiary/aromatic N) is 3. The fraction of sp³-hybridized carbons (Fsp3) is 0.273. The molecule has 7 heteroatoms. The summed E-state index contributed by atoms with van der Waals surface area (Å²) in [6.07, 6.45) is 0. The number of aromatic nitrogens is 3. The summed E-state index contributed by atoms with van der Waals surface area (Å²) in [4.78, 5) is 0. The highest BCUT2D eigenvalue weighted by atomic mass is 79.9. The van der Waals surface area contributed by atoms with E-state index in [1.807, 2.05) is 13.0 Å². The first-order valence-corrected chi connectivity index (χ1v) is 6.48. The molecule has 0 bridgehead atoms. The van der Waals surface area contributed by atoms with Crippen LogP contribution in [0.1, 0.15) is 5.69 Å². The van der Waals surface area contributed by atoms with Gasteiger partial charge in [-0.2, -0.15) is 0 Å². The van der Waals surface area contributed by atoms with E-state index in [9.17, 15) is 0 Å². The van der Waals surface area contributed by atoms with Crippen LogP contribution in [0.4, 0.5) is 5.82 Å². The van der Waals surface area contributed by atoms with Gasteiger partial charge in [0.25, 0.3) is 0 Å². The Kier molecular flexibility index (Phi) is 4.08. The number of halogens is 2. The van der Waals surface area contributed by atoms with Crippen LogP contribution in [0.15, 0.2) is 22.7 Å². The van der Waals surface area contributed by atoms with Crippen molar-refractivity contribution in [3.8, 4) is 5.75 Å². The number of rotatable bonds is 4. The first-order valence-electron chi connectivity index (χ1n) is 5.31. The number of anilines is 1. The Morgan fingerprint density at radius 2 is 2.28 bits per heavy atom. The maximum Gasteiger partial charge on any atom is 0.168 e. The first kappa shape index (κ1) is 13.2. The fourth-order valence-corrected chi connectivity index (χ4v) is 2.22. The predicted molar refractivity (Wildman–Crippen MR) is 73.8 cm³/mol. The third-order valence-electron chi connectivity index (χ3n) is 2.47. The molecule has 2 aromatic rings. The van der Waals surface area contributed by atoms with Gasteiger partial charge in [-0.1, -0.05) is 16.8 Å². The van der Waals surface area contributed by atoms with Gasteiger partial charge in [-0.05, 0) is 41.1 Å². The molecule has 0 aliphatic rings. The fourth-order valence-electron chi connectivity index (χ4n) is 1.42. The molecule has 1 aromatic carbocycles. The van der Waals surface area contributed by atoms with Crippen molar-refractivity contribution in [3.05, 3.63) is 33.4 Å². The molecule has 0 saturated heterocycles. The van der Waals surface area contributed by atoms with Gasteiger partial charge in [-0.25, -0.2) is 4.68 Å². The SMILES string of the molecule is Cc1c(N)nnn1CCOc1ccc(Cl)cc1Br. The molecule has 0 aliphatic heterocycles. The molecule has 2 rings (SSSR count). The predicted octanol–water partition coefficient (Wildman–Crippen LogP) is 2.66. The molecule has 1 heterocycles. The van der Waals surface area contributed by atoms with Crippen LogP contribution in [0.25, 0.3) is 0 Å². The molecule has 2 N–H and O–H groups in total. The summed E-state index contributed by atoms with van der Waals surface area (Å²) in [6, 6.07) is 5.38. The number of benzene rings is 1. The van der Waals surface area contributed by atoms with Crippen molar-refractivity contribution in [2.45, 2.75) is 13.5 Å². The van der Waals surface area contributed by atoms with Crippen LogP contribution in [0, 0.1) is 6.92 Å². The van der Waals surface area contributed by atoms with E-state index >= 15 is 0 Å². The Hall–Kier alpha value is -1.27. The monoisotopic (exact) mass is 330 g/mol. The summed E-state index contributed by atoms with van der Waals surface area (Å²) in [5.41, 5.74) is 6.45. The maximum absolute atomic E-state index is 5.85. The lowest BCUT2D eigenvalue weighted by Gasteiger charge is -2.08. The lowest BCUT2D eigenvalue weighted by atomic mass is 10.3. The second-order valence-electron chi connectivity index (χ2n) is 3.71. The Balaban J connectivity index is 1.94. The van der Waals surface area contributed by atoms with Gasteiger partial charge in [0.1, 0.15) is 12.4 Å². The lowest BCUT2D eigenvalue weighted by molar-refractivity contribution is 0.286. The zero-order chi connectivity index (χ0) is 13.1. The molecular formula is C11H12BrClN4O. The zero-order valence-corrected chi connectivity index (χ0v) is 12.1. The van der Waals surface area contributed by atoms with Crippen LogP contribution < -0.4 is 10.5 Å². The molecule has 0 saturated carbocycles. The highest BCUT2D eigenvalue weighted by Gasteiger charge is 2.06. The van der Waals surface area contributed by atoms with Gasteiger partial charge >= 0.3 is 0 Å². The van der Waals surface area contributed by atoms with Crippen molar-refractivity contribution >= 4 is 33.3 Å². The van der Waals surface area contributed by atoms with Crippen molar-refractivity contribution in [2.24, 2.45) is 0 Å². The second kappa shape index (κ2) is 5.58. The maximum atomic E-state index is 5.85. The van der Waals surface area contributed by atoms with Gasteiger partial charge in [0.2, 0.25) is 0 Å². The number of ether oxygens (including phenoxy) is 1. The van der Waals surface area contributed by atoms with Crippen LogP contribution in [-0.4, -0.2) is 21.6 Å². The average molecular weight is 332 g/mol. The molecule has 0 amide bonds. The minimum Gasteiger partial charge on any atom is -0.490 e. The van der Waals surface area contributed by atoms with Crippen LogP contribution in [0.2, 0.25) is 5.02 Å². The molecule has 1 aromatic heterocycles. The van der Waals surface area contributed by atoms with Gasteiger partial charge in [-0.15, -0.1) is 5.10 Å². The molecule has 96 valence electrons. The minimum atomic E-state index is 0.447. The van der Waals surface area contributed by atoms with E-state index < -0.39 is 0 Å². The highest BCUT2D eigenvalue weighted by molar-refractivity contribution is 9.10. The normalized spacial score (nSPS) is 10.6. The van der Waals surface area contributed by atoms with E-state index in [1.165, 1.54) is 0 Å². The summed E-state index contributed by atoms with van der Waals surface area (Å²) in [5.74, 6) is 1.19.